The zero-order valence-electron chi connectivity index (χ0n) is 16.0. The lowest BCUT2D eigenvalue weighted by Crippen LogP contribution is -2.46. The van der Waals surface area contributed by atoms with Gasteiger partial charge in [-0.1, -0.05) is 32.9 Å². The van der Waals surface area contributed by atoms with E-state index >= 15 is 0 Å². The third kappa shape index (κ3) is 4.61. The molecule has 0 atom stereocenters. The fraction of sp³-hybridized carbons (Fsp3) is 0.400. The molecule has 7 heteroatoms. The van der Waals surface area contributed by atoms with Gasteiger partial charge in [-0.3, -0.25) is 9.59 Å². The molecule has 0 unspecified atom stereocenters. The number of amides is 2. The van der Waals surface area contributed by atoms with Crippen LogP contribution in [0.3, 0.4) is 0 Å². The maximum atomic E-state index is 12.4. The summed E-state index contributed by atoms with van der Waals surface area (Å²) in [4.78, 5) is 27.0. The lowest BCUT2D eigenvalue weighted by atomic mass is 9.87. The number of benzene rings is 1. The molecule has 0 saturated carbocycles. The van der Waals surface area contributed by atoms with E-state index in [9.17, 15) is 9.59 Å². The quantitative estimate of drug-likeness (QED) is 0.839. The van der Waals surface area contributed by atoms with E-state index in [4.69, 9.17) is 0 Å². The number of anilines is 2. The van der Waals surface area contributed by atoms with E-state index in [-0.39, 0.29) is 17.0 Å². The van der Waals surface area contributed by atoms with E-state index in [0.717, 1.165) is 12.1 Å². The molecule has 1 aromatic carbocycles. The molecule has 142 valence electrons. The van der Waals surface area contributed by atoms with E-state index in [1.807, 2.05) is 24.3 Å². The minimum Gasteiger partial charge on any atom is -0.352 e. The number of carbonyl (C=O) groups excluding carboxylic acids is 2. The highest BCUT2D eigenvalue weighted by Crippen LogP contribution is 2.23. The monoisotopic (exact) mass is 367 g/mol. The van der Waals surface area contributed by atoms with Crippen LogP contribution in [0.4, 0.5) is 11.5 Å². The van der Waals surface area contributed by atoms with E-state index in [1.54, 1.807) is 17.0 Å². The number of hydrogen-bond acceptors (Lipinski definition) is 5. The van der Waals surface area contributed by atoms with Gasteiger partial charge in [0.1, 0.15) is 0 Å². The maximum absolute atomic E-state index is 12.4. The fourth-order valence-electron chi connectivity index (χ4n) is 2.92. The Bertz CT molecular complexity index is 789. The Hall–Kier alpha value is -2.96. The maximum Gasteiger partial charge on any atom is 0.276 e. The Labute approximate surface area is 159 Å². The average Bonchev–Trinajstić information content (AvgIpc) is 2.68. The lowest BCUT2D eigenvalue weighted by Gasteiger charge is -2.32. The Kier molecular flexibility index (Phi) is 5.39. The molecule has 2 amide bonds. The highest BCUT2D eigenvalue weighted by molar-refractivity contribution is 6.02. The Morgan fingerprint density at radius 1 is 1.00 bits per heavy atom. The molecule has 1 saturated heterocycles. The summed E-state index contributed by atoms with van der Waals surface area (Å²) in [6.45, 7) is 9.19. The molecule has 1 fully saturated rings. The minimum atomic E-state index is -0.289. The van der Waals surface area contributed by atoms with Crippen molar-refractivity contribution < 1.29 is 9.59 Å². The van der Waals surface area contributed by atoms with Gasteiger partial charge in [0.05, 0.1) is 0 Å². The first-order valence-electron chi connectivity index (χ1n) is 9.07. The Balaban J connectivity index is 1.61. The highest BCUT2D eigenvalue weighted by atomic mass is 16.2. The number of hydrogen-bond donors (Lipinski definition) is 1. The molecule has 1 N–H and O–H groups in total. The molecule has 1 aliphatic heterocycles. The van der Waals surface area contributed by atoms with Crippen LogP contribution in [0.15, 0.2) is 36.4 Å². The van der Waals surface area contributed by atoms with Crippen molar-refractivity contribution in [1.29, 1.82) is 0 Å². The summed E-state index contributed by atoms with van der Waals surface area (Å²) >= 11 is 0. The third-order valence-corrected chi connectivity index (χ3v) is 4.68. The number of aromatic nitrogens is 2. The van der Waals surface area contributed by atoms with Crippen molar-refractivity contribution in [2.75, 3.05) is 36.4 Å². The van der Waals surface area contributed by atoms with Crippen LogP contribution in [0.25, 0.3) is 0 Å². The van der Waals surface area contributed by atoms with E-state index in [0.29, 0.717) is 32.0 Å². The van der Waals surface area contributed by atoms with Crippen LogP contribution in [0.1, 0.15) is 36.8 Å². The van der Waals surface area contributed by atoms with Crippen LogP contribution in [0.5, 0.6) is 0 Å². The van der Waals surface area contributed by atoms with Crippen molar-refractivity contribution in [3.8, 4) is 0 Å². The standard InChI is InChI=1S/C20H25N5O2/c1-20(2,3)15-4-6-16(7-5-15)21-19(27)17-8-9-18(23-22-17)25-12-10-24(14-26)11-13-25/h4-9,14H,10-13H2,1-3H3,(H,21,27). The number of rotatable bonds is 4. The van der Waals surface area contributed by atoms with E-state index in [2.05, 4.69) is 41.2 Å². The molecule has 1 aliphatic rings. The molecule has 7 nitrogen and oxygen atoms in total. The van der Waals surface area contributed by atoms with E-state index in [1.165, 1.54) is 5.56 Å². The van der Waals surface area contributed by atoms with Gasteiger partial charge in [0, 0.05) is 31.9 Å². The van der Waals surface area contributed by atoms with Crippen LogP contribution in [0.2, 0.25) is 0 Å². The number of carbonyl (C=O) groups is 2. The second-order valence-corrected chi connectivity index (χ2v) is 7.69. The minimum absolute atomic E-state index is 0.0705. The molecule has 27 heavy (non-hydrogen) atoms. The molecule has 2 aromatic rings. The van der Waals surface area contributed by atoms with Gasteiger partial charge >= 0.3 is 0 Å². The van der Waals surface area contributed by atoms with Gasteiger partial charge in [-0.05, 0) is 35.2 Å². The molecule has 0 bridgehead atoms. The zero-order valence-corrected chi connectivity index (χ0v) is 16.0. The number of piperazine rings is 1. The van der Waals surface area contributed by atoms with Crippen LogP contribution in [0, 0.1) is 0 Å². The van der Waals surface area contributed by atoms with Gasteiger partial charge in [-0.2, -0.15) is 0 Å². The first-order valence-corrected chi connectivity index (χ1v) is 9.07. The zero-order chi connectivity index (χ0) is 19.4. The van der Waals surface area contributed by atoms with Gasteiger partial charge in [-0.15, -0.1) is 10.2 Å². The van der Waals surface area contributed by atoms with E-state index < -0.39 is 0 Å². The number of nitrogens with zero attached hydrogens (tertiary/aromatic N) is 4. The van der Waals surface area contributed by atoms with Crippen molar-refractivity contribution >= 4 is 23.8 Å². The van der Waals surface area contributed by atoms with Crippen molar-refractivity contribution in [3.63, 3.8) is 0 Å². The first-order chi connectivity index (χ1) is 12.9. The molecule has 0 spiro atoms. The molecular weight excluding hydrogens is 342 g/mol. The summed E-state index contributed by atoms with van der Waals surface area (Å²) in [5.74, 6) is 0.426. The predicted octanol–water partition coefficient (Wildman–Crippen LogP) is 2.30. The van der Waals surface area contributed by atoms with Crippen LogP contribution >= 0.6 is 0 Å². The smallest absolute Gasteiger partial charge is 0.276 e. The average molecular weight is 367 g/mol. The normalized spacial score (nSPS) is 14.8. The Morgan fingerprint density at radius 2 is 1.67 bits per heavy atom. The molecular formula is C20H25N5O2. The van der Waals surface area contributed by atoms with Crippen molar-refractivity contribution in [2.45, 2.75) is 26.2 Å². The molecule has 0 radical (unpaired) electrons. The molecule has 3 rings (SSSR count). The SMILES string of the molecule is CC(C)(C)c1ccc(NC(=O)c2ccc(N3CCN(C=O)CC3)nn2)cc1. The van der Waals surface area contributed by atoms with Gasteiger partial charge in [0.25, 0.3) is 5.91 Å². The van der Waals surface area contributed by atoms with Gasteiger partial charge in [0.2, 0.25) is 6.41 Å². The van der Waals surface area contributed by atoms with Crippen LogP contribution in [-0.2, 0) is 10.2 Å². The second-order valence-electron chi connectivity index (χ2n) is 7.69. The van der Waals surface area contributed by atoms with Gasteiger partial charge < -0.3 is 15.1 Å². The molecule has 2 heterocycles. The predicted molar refractivity (Wildman–Crippen MR) is 105 cm³/mol. The first kappa shape index (κ1) is 18.8. The van der Waals surface area contributed by atoms with Gasteiger partial charge in [-0.25, -0.2) is 0 Å². The van der Waals surface area contributed by atoms with Crippen LogP contribution < -0.4 is 10.2 Å². The summed E-state index contributed by atoms with van der Waals surface area (Å²) in [5, 5.41) is 11.1. The largest absolute Gasteiger partial charge is 0.352 e. The fourth-order valence-corrected chi connectivity index (χ4v) is 2.92. The third-order valence-electron chi connectivity index (χ3n) is 4.68. The molecule has 1 aromatic heterocycles. The Morgan fingerprint density at radius 3 is 2.19 bits per heavy atom. The molecule has 0 aliphatic carbocycles. The topological polar surface area (TPSA) is 78.4 Å². The van der Waals surface area contributed by atoms with Crippen molar-refractivity contribution in [2.24, 2.45) is 0 Å². The summed E-state index contributed by atoms with van der Waals surface area (Å²) in [7, 11) is 0. The van der Waals surface area contributed by atoms with Crippen molar-refractivity contribution in [1.82, 2.24) is 15.1 Å². The van der Waals surface area contributed by atoms with Crippen molar-refractivity contribution in [3.05, 3.63) is 47.7 Å². The summed E-state index contributed by atoms with van der Waals surface area (Å²) in [5.41, 5.74) is 2.27. The number of nitrogens with one attached hydrogen (secondary N) is 1. The second kappa shape index (κ2) is 7.73. The highest BCUT2D eigenvalue weighted by Gasteiger charge is 2.18. The lowest BCUT2D eigenvalue weighted by molar-refractivity contribution is -0.118. The summed E-state index contributed by atoms with van der Waals surface area (Å²) in [6.07, 6.45) is 0.866. The summed E-state index contributed by atoms with van der Waals surface area (Å²) < 4.78 is 0. The summed E-state index contributed by atoms with van der Waals surface area (Å²) in [6, 6.07) is 11.3. The van der Waals surface area contributed by atoms with Crippen LogP contribution in [-0.4, -0.2) is 53.6 Å². The van der Waals surface area contributed by atoms with Gasteiger partial charge in [0.15, 0.2) is 11.5 Å².